The van der Waals surface area contributed by atoms with E-state index in [1.807, 2.05) is 26.8 Å². The summed E-state index contributed by atoms with van der Waals surface area (Å²) in [6, 6.07) is 6.14. The fourth-order valence-corrected chi connectivity index (χ4v) is 3.54. The summed E-state index contributed by atoms with van der Waals surface area (Å²) < 4.78 is 10.3. The van der Waals surface area contributed by atoms with Gasteiger partial charge in [-0.3, -0.25) is 9.69 Å². The molecule has 2 heterocycles. The third-order valence-corrected chi connectivity index (χ3v) is 4.97. The molecule has 3 rings (SSSR count). The molecule has 1 fully saturated rings. The Labute approximate surface area is 183 Å². The van der Waals surface area contributed by atoms with E-state index in [4.69, 9.17) is 9.47 Å². The Morgan fingerprint density at radius 3 is 2.61 bits per heavy atom. The molecule has 2 aromatic rings. The number of aromatic nitrogens is 2. The Hall–Kier alpha value is -2.81. The van der Waals surface area contributed by atoms with E-state index < -0.39 is 5.60 Å². The summed E-state index contributed by atoms with van der Waals surface area (Å²) in [5.74, 6) is 0.340. The molecule has 9 nitrogen and oxygen atoms in total. The van der Waals surface area contributed by atoms with Crippen molar-refractivity contribution in [2.24, 2.45) is 0 Å². The van der Waals surface area contributed by atoms with Gasteiger partial charge in [0.2, 0.25) is 0 Å². The second-order valence-corrected chi connectivity index (χ2v) is 8.62. The lowest BCUT2D eigenvalue weighted by molar-refractivity contribution is -0.142. The van der Waals surface area contributed by atoms with Crippen LogP contribution in [0.4, 0.5) is 10.5 Å². The molecule has 1 saturated heterocycles. The number of alkyl carbamates (subject to hydrolysis) is 1. The molecule has 1 aromatic heterocycles. The Balaban J connectivity index is 1.48. The van der Waals surface area contributed by atoms with Gasteiger partial charge in [-0.15, -0.1) is 0 Å². The number of anilines is 1. The van der Waals surface area contributed by atoms with Crippen molar-refractivity contribution in [1.29, 1.82) is 0 Å². The van der Waals surface area contributed by atoms with Crippen molar-refractivity contribution in [3.05, 3.63) is 24.0 Å². The van der Waals surface area contributed by atoms with Crippen LogP contribution in [0, 0.1) is 0 Å². The second-order valence-electron chi connectivity index (χ2n) is 8.62. The van der Waals surface area contributed by atoms with E-state index in [2.05, 4.69) is 37.2 Å². The molecular formula is C22H33N5O4. The lowest BCUT2D eigenvalue weighted by Crippen LogP contribution is -2.48. The van der Waals surface area contributed by atoms with Crippen LogP contribution in [-0.4, -0.2) is 78.4 Å². The first-order chi connectivity index (χ1) is 14.7. The lowest BCUT2D eigenvalue weighted by atomic mass is 10.2. The fourth-order valence-electron chi connectivity index (χ4n) is 3.54. The van der Waals surface area contributed by atoms with E-state index in [1.165, 1.54) is 0 Å². The number of ether oxygens (including phenoxy) is 2. The van der Waals surface area contributed by atoms with Gasteiger partial charge in [0.05, 0.1) is 17.6 Å². The van der Waals surface area contributed by atoms with E-state index >= 15 is 0 Å². The van der Waals surface area contributed by atoms with Gasteiger partial charge in [0.1, 0.15) is 17.8 Å². The molecule has 1 aromatic carbocycles. The van der Waals surface area contributed by atoms with Crippen LogP contribution in [0.1, 0.15) is 33.5 Å². The number of nitrogens with one attached hydrogen (secondary N) is 2. The van der Waals surface area contributed by atoms with Crippen molar-refractivity contribution in [1.82, 2.24) is 20.2 Å². The molecule has 0 saturated carbocycles. The SMILES string of the molecule is CCOC(=O)Cc1nc2cc(N3CCN(CCNC(=O)OC(C)(C)C)CC3)ccc2[nH]1. The van der Waals surface area contributed by atoms with Crippen LogP contribution in [0.5, 0.6) is 0 Å². The van der Waals surface area contributed by atoms with Crippen LogP contribution in [0.15, 0.2) is 18.2 Å². The number of carbonyl (C=O) groups excluding carboxylic acids is 2. The molecule has 0 bridgehead atoms. The van der Waals surface area contributed by atoms with Crippen LogP contribution in [0.25, 0.3) is 11.0 Å². The number of piperazine rings is 1. The Bertz CT molecular complexity index is 897. The summed E-state index contributed by atoms with van der Waals surface area (Å²) in [4.78, 5) is 35.8. The lowest BCUT2D eigenvalue weighted by Gasteiger charge is -2.36. The van der Waals surface area contributed by atoms with E-state index in [9.17, 15) is 9.59 Å². The first-order valence-corrected chi connectivity index (χ1v) is 10.8. The van der Waals surface area contributed by atoms with Crippen LogP contribution >= 0.6 is 0 Å². The summed E-state index contributed by atoms with van der Waals surface area (Å²) >= 11 is 0. The number of imidazole rings is 1. The molecule has 1 aliphatic heterocycles. The van der Waals surface area contributed by atoms with E-state index in [-0.39, 0.29) is 18.5 Å². The van der Waals surface area contributed by atoms with E-state index in [1.54, 1.807) is 6.92 Å². The minimum Gasteiger partial charge on any atom is -0.466 e. The van der Waals surface area contributed by atoms with Gasteiger partial charge in [0.25, 0.3) is 0 Å². The number of hydrogen-bond donors (Lipinski definition) is 2. The summed E-state index contributed by atoms with van der Waals surface area (Å²) in [6.07, 6.45) is -0.228. The van der Waals surface area contributed by atoms with Crippen molar-refractivity contribution < 1.29 is 19.1 Å². The molecule has 170 valence electrons. The molecule has 0 atom stereocenters. The second kappa shape index (κ2) is 10.00. The van der Waals surface area contributed by atoms with Gasteiger partial charge in [-0.25, -0.2) is 9.78 Å². The van der Waals surface area contributed by atoms with Gasteiger partial charge in [-0.2, -0.15) is 0 Å². The monoisotopic (exact) mass is 431 g/mol. The molecular weight excluding hydrogens is 398 g/mol. The zero-order chi connectivity index (χ0) is 22.4. The van der Waals surface area contributed by atoms with Crippen LogP contribution in [0.3, 0.4) is 0 Å². The first kappa shape index (κ1) is 22.9. The van der Waals surface area contributed by atoms with Crippen LogP contribution < -0.4 is 10.2 Å². The highest BCUT2D eigenvalue weighted by Crippen LogP contribution is 2.22. The highest BCUT2D eigenvalue weighted by atomic mass is 16.6. The number of nitrogens with zero attached hydrogens (tertiary/aromatic N) is 3. The Morgan fingerprint density at radius 1 is 1.19 bits per heavy atom. The van der Waals surface area contributed by atoms with Gasteiger partial charge in [-0.1, -0.05) is 0 Å². The van der Waals surface area contributed by atoms with Crippen molar-refractivity contribution in [2.45, 2.75) is 39.7 Å². The molecule has 0 radical (unpaired) electrons. The molecule has 0 aliphatic carbocycles. The normalized spacial score (nSPS) is 15.2. The maximum Gasteiger partial charge on any atom is 0.407 e. The molecule has 0 spiro atoms. The highest BCUT2D eigenvalue weighted by molar-refractivity contribution is 5.81. The third kappa shape index (κ3) is 6.85. The number of amides is 1. The van der Waals surface area contributed by atoms with Crippen molar-refractivity contribution >= 4 is 28.8 Å². The molecule has 9 heteroatoms. The van der Waals surface area contributed by atoms with Gasteiger partial charge >= 0.3 is 12.1 Å². The zero-order valence-electron chi connectivity index (χ0n) is 18.9. The van der Waals surface area contributed by atoms with Crippen LogP contribution in [-0.2, 0) is 20.7 Å². The zero-order valence-corrected chi connectivity index (χ0v) is 18.9. The van der Waals surface area contributed by atoms with Crippen molar-refractivity contribution in [3.8, 4) is 0 Å². The first-order valence-electron chi connectivity index (χ1n) is 10.8. The smallest absolute Gasteiger partial charge is 0.407 e. The van der Waals surface area contributed by atoms with Crippen LogP contribution in [0.2, 0.25) is 0 Å². The molecule has 0 unspecified atom stereocenters. The average molecular weight is 432 g/mol. The molecule has 2 N–H and O–H groups in total. The van der Waals surface area contributed by atoms with E-state index in [0.717, 1.165) is 49.4 Å². The van der Waals surface area contributed by atoms with Gasteiger partial charge < -0.3 is 24.7 Å². The van der Waals surface area contributed by atoms with Gasteiger partial charge in [-0.05, 0) is 45.9 Å². The number of esters is 1. The number of rotatable bonds is 7. The number of carbonyl (C=O) groups is 2. The average Bonchev–Trinajstić information content (AvgIpc) is 3.08. The predicted octanol–water partition coefficient (Wildman–Crippen LogP) is 2.32. The third-order valence-electron chi connectivity index (χ3n) is 4.97. The maximum atomic E-state index is 11.7. The fraction of sp³-hybridized carbons (Fsp3) is 0.591. The number of benzene rings is 1. The summed E-state index contributed by atoms with van der Waals surface area (Å²) in [7, 11) is 0. The standard InChI is InChI=1S/C22H33N5O4/c1-5-30-20(28)15-19-24-17-7-6-16(14-18(17)25-19)27-12-10-26(11-13-27)9-8-23-21(29)31-22(2,3)4/h6-7,14H,5,8-13,15H2,1-4H3,(H,23,29)(H,24,25). The summed E-state index contributed by atoms with van der Waals surface area (Å²) in [5, 5.41) is 2.81. The van der Waals surface area contributed by atoms with Gasteiger partial charge in [0.15, 0.2) is 0 Å². The molecule has 1 amide bonds. The minimum absolute atomic E-state index is 0.147. The predicted molar refractivity (Wildman–Crippen MR) is 119 cm³/mol. The maximum absolute atomic E-state index is 11.7. The van der Waals surface area contributed by atoms with E-state index in [0.29, 0.717) is 19.0 Å². The van der Waals surface area contributed by atoms with Gasteiger partial charge in [0, 0.05) is 45.0 Å². The minimum atomic E-state index is -0.481. The largest absolute Gasteiger partial charge is 0.466 e. The number of hydrogen-bond acceptors (Lipinski definition) is 7. The Morgan fingerprint density at radius 2 is 1.94 bits per heavy atom. The number of aromatic amines is 1. The summed E-state index contributed by atoms with van der Waals surface area (Å²) in [6.45, 7) is 12.7. The number of fused-ring (bicyclic) bond motifs is 1. The van der Waals surface area contributed by atoms with Crippen molar-refractivity contribution in [3.63, 3.8) is 0 Å². The molecule has 1 aliphatic rings. The highest BCUT2D eigenvalue weighted by Gasteiger charge is 2.19. The van der Waals surface area contributed by atoms with Crippen molar-refractivity contribution in [2.75, 3.05) is 50.8 Å². The number of H-pyrrole nitrogens is 1. The quantitative estimate of drug-likeness (QED) is 0.649. The molecule has 31 heavy (non-hydrogen) atoms. The topological polar surface area (TPSA) is 99.8 Å². The Kier molecular flexibility index (Phi) is 7.37. The summed E-state index contributed by atoms with van der Waals surface area (Å²) in [5.41, 5.74) is 2.40.